The molecule has 2 aliphatic carbocycles. The van der Waals surface area contributed by atoms with Crippen molar-refractivity contribution in [3.05, 3.63) is 35.8 Å². The van der Waals surface area contributed by atoms with E-state index in [0.29, 0.717) is 25.7 Å². The monoisotopic (exact) mass is 372 g/mol. The summed E-state index contributed by atoms with van der Waals surface area (Å²) in [6.07, 6.45) is 6.66. The fraction of sp³-hybridized carbons (Fsp3) is 0.571. The summed E-state index contributed by atoms with van der Waals surface area (Å²) in [5.41, 5.74) is -0.334. The zero-order valence-corrected chi connectivity index (χ0v) is 15.8. The average Bonchev–Trinajstić information content (AvgIpc) is 3.17. The number of carbonyl (C=O) groups is 3. The Morgan fingerprint density at radius 2 is 2.07 bits per heavy atom. The van der Waals surface area contributed by atoms with Gasteiger partial charge in [-0.1, -0.05) is 12.0 Å². The lowest BCUT2D eigenvalue weighted by atomic mass is 9.46. The van der Waals surface area contributed by atoms with E-state index in [9.17, 15) is 14.4 Å². The number of cyclic esters (lactones) is 1. The first-order valence-electron chi connectivity index (χ1n) is 9.38. The van der Waals surface area contributed by atoms with Crippen LogP contribution in [0.25, 0.3) is 0 Å². The average molecular weight is 372 g/mol. The van der Waals surface area contributed by atoms with Crippen LogP contribution < -0.4 is 0 Å². The predicted octanol–water partition coefficient (Wildman–Crippen LogP) is 3.38. The summed E-state index contributed by atoms with van der Waals surface area (Å²) in [7, 11) is 1.33. The first-order valence-corrected chi connectivity index (χ1v) is 9.38. The molecule has 1 spiro atoms. The van der Waals surface area contributed by atoms with Gasteiger partial charge in [0.05, 0.1) is 36.4 Å². The van der Waals surface area contributed by atoms with Gasteiger partial charge in [0.15, 0.2) is 5.78 Å². The molecule has 2 fully saturated rings. The van der Waals surface area contributed by atoms with E-state index < -0.39 is 28.8 Å². The molecule has 3 aliphatic rings. The maximum Gasteiger partial charge on any atom is 0.314 e. The van der Waals surface area contributed by atoms with E-state index in [0.717, 1.165) is 11.1 Å². The number of ketones is 1. The summed E-state index contributed by atoms with van der Waals surface area (Å²) in [6.45, 7) is 3.65. The van der Waals surface area contributed by atoms with Crippen LogP contribution in [0.15, 0.2) is 34.7 Å². The number of hydrogen-bond donors (Lipinski definition) is 0. The van der Waals surface area contributed by atoms with E-state index in [1.807, 2.05) is 6.92 Å². The third kappa shape index (κ3) is 2.35. The molecule has 1 aromatic rings. The van der Waals surface area contributed by atoms with Gasteiger partial charge >= 0.3 is 11.9 Å². The summed E-state index contributed by atoms with van der Waals surface area (Å²) >= 11 is 0. The highest BCUT2D eigenvalue weighted by atomic mass is 16.5. The second-order valence-corrected chi connectivity index (χ2v) is 8.27. The number of methoxy groups -OCH3 is 1. The van der Waals surface area contributed by atoms with E-state index in [1.165, 1.54) is 7.11 Å². The minimum Gasteiger partial charge on any atom is -0.472 e. The van der Waals surface area contributed by atoms with Gasteiger partial charge in [0.25, 0.3) is 0 Å². The lowest BCUT2D eigenvalue weighted by molar-refractivity contribution is -0.201. The minimum absolute atomic E-state index is 0.148. The van der Waals surface area contributed by atoms with Gasteiger partial charge in [-0.05, 0) is 45.3 Å². The number of hydrogen-bond acceptors (Lipinski definition) is 6. The molecule has 1 saturated carbocycles. The molecule has 1 aromatic heterocycles. The summed E-state index contributed by atoms with van der Waals surface area (Å²) in [5, 5.41) is 0. The van der Waals surface area contributed by atoms with Crippen molar-refractivity contribution in [1.29, 1.82) is 0 Å². The first-order chi connectivity index (χ1) is 12.8. The van der Waals surface area contributed by atoms with Crippen LogP contribution in [0.4, 0.5) is 0 Å². The highest BCUT2D eigenvalue weighted by Crippen LogP contribution is 2.63. The molecule has 5 atom stereocenters. The van der Waals surface area contributed by atoms with Gasteiger partial charge in [-0.15, -0.1) is 0 Å². The summed E-state index contributed by atoms with van der Waals surface area (Å²) in [4.78, 5) is 39.1. The second-order valence-electron chi connectivity index (χ2n) is 8.27. The lowest BCUT2D eigenvalue weighted by Crippen LogP contribution is -2.62. The van der Waals surface area contributed by atoms with Gasteiger partial charge in [-0.2, -0.15) is 0 Å². The molecular weight excluding hydrogens is 348 g/mol. The Bertz CT molecular complexity index is 822. The van der Waals surface area contributed by atoms with Crippen LogP contribution in [-0.2, 0) is 23.9 Å². The van der Waals surface area contributed by atoms with E-state index in [-0.39, 0.29) is 17.7 Å². The number of carbonyl (C=O) groups excluding carboxylic acids is 3. The van der Waals surface area contributed by atoms with Crippen molar-refractivity contribution >= 4 is 17.7 Å². The number of ether oxygens (including phenoxy) is 2. The predicted molar refractivity (Wildman–Crippen MR) is 94.3 cm³/mol. The van der Waals surface area contributed by atoms with Crippen molar-refractivity contribution in [2.75, 3.05) is 7.11 Å². The maximum absolute atomic E-state index is 13.4. The van der Waals surface area contributed by atoms with Crippen LogP contribution in [0.5, 0.6) is 0 Å². The van der Waals surface area contributed by atoms with Gasteiger partial charge in [-0.25, -0.2) is 0 Å². The zero-order valence-electron chi connectivity index (χ0n) is 15.8. The molecule has 2 heterocycles. The zero-order chi connectivity index (χ0) is 19.4. The minimum atomic E-state index is -1.03. The largest absolute Gasteiger partial charge is 0.472 e. The number of esters is 2. The normalized spacial score (nSPS) is 38.3. The molecule has 0 N–H and O–H groups in total. The van der Waals surface area contributed by atoms with Crippen molar-refractivity contribution < 1.29 is 28.3 Å². The molecule has 0 aromatic carbocycles. The topological polar surface area (TPSA) is 82.8 Å². The highest BCUT2D eigenvalue weighted by Gasteiger charge is 2.68. The van der Waals surface area contributed by atoms with Crippen molar-refractivity contribution in [2.24, 2.45) is 22.7 Å². The molecule has 27 heavy (non-hydrogen) atoms. The Morgan fingerprint density at radius 3 is 2.74 bits per heavy atom. The molecule has 6 nitrogen and oxygen atoms in total. The highest BCUT2D eigenvalue weighted by molar-refractivity contribution is 6.02. The van der Waals surface area contributed by atoms with Gasteiger partial charge in [-0.3, -0.25) is 14.4 Å². The smallest absolute Gasteiger partial charge is 0.314 e. The summed E-state index contributed by atoms with van der Waals surface area (Å²) in [5.74, 6) is -1.89. The summed E-state index contributed by atoms with van der Waals surface area (Å²) < 4.78 is 16.0. The molecule has 0 unspecified atom stereocenters. The molecular formula is C21H24O6. The quantitative estimate of drug-likeness (QED) is 0.740. The van der Waals surface area contributed by atoms with Gasteiger partial charge in [0.2, 0.25) is 0 Å². The Hall–Kier alpha value is -2.37. The second kappa shape index (κ2) is 6.08. The molecule has 6 heteroatoms. The van der Waals surface area contributed by atoms with Gasteiger partial charge in [0, 0.05) is 11.5 Å². The van der Waals surface area contributed by atoms with E-state index in [1.54, 1.807) is 31.6 Å². The molecule has 1 aliphatic heterocycles. The Balaban J connectivity index is 1.83. The molecule has 144 valence electrons. The summed E-state index contributed by atoms with van der Waals surface area (Å²) in [6, 6.07) is 1.79. The van der Waals surface area contributed by atoms with Crippen LogP contribution in [0.1, 0.15) is 51.2 Å². The molecule has 4 rings (SSSR count). The lowest BCUT2D eigenvalue weighted by Gasteiger charge is -2.57. The van der Waals surface area contributed by atoms with E-state index >= 15 is 0 Å². The Kier molecular flexibility index (Phi) is 4.05. The van der Waals surface area contributed by atoms with Crippen molar-refractivity contribution in [2.45, 2.75) is 45.6 Å². The molecule has 0 bridgehead atoms. The van der Waals surface area contributed by atoms with Crippen LogP contribution in [-0.4, -0.2) is 24.8 Å². The van der Waals surface area contributed by atoms with Crippen molar-refractivity contribution in [1.82, 2.24) is 0 Å². The molecule has 0 amide bonds. The fourth-order valence-electron chi connectivity index (χ4n) is 5.74. The Labute approximate surface area is 157 Å². The fourth-order valence-corrected chi connectivity index (χ4v) is 5.74. The first kappa shape index (κ1) is 18.0. The maximum atomic E-state index is 13.4. The van der Waals surface area contributed by atoms with Crippen LogP contribution >= 0.6 is 0 Å². The SMILES string of the molecule is COC(=O)[C@]1(C)CCC[C@]23C(=O)O[C@@H](c4ccoc4)C[C@H]2C(C)=CC(=O)[C@H]31. The van der Waals surface area contributed by atoms with E-state index in [2.05, 4.69) is 0 Å². The van der Waals surface area contributed by atoms with Crippen LogP contribution in [0, 0.1) is 22.7 Å². The molecule has 1 saturated heterocycles. The standard InChI is InChI=1S/C21H24O6/c1-12-9-15(22)17-20(2,18(23)25-3)6-4-7-21(17)14(12)10-16(27-19(21)24)13-5-8-26-11-13/h5,8-9,11,14,16-17H,4,6-7,10H2,1-3H3/t14-,16+,17-,20+,21-/m0/s1. The Morgan fingerprint density at radius 1 is 1.30 bits per heavy atom. The third-order valence-corrected chi connectivity index (χ3v) is 6.91. The number of furan rings is 1. The van der Waals surface area contributed by atoms with Gasteiger partial charge in [0.1, 0.15) is 6.10 Å². The van der Waals surface area contributed by atoms with Crippen LogP contribution in [0.3, 0.4) is 0 Å². The van der Waals surface area contributed by atoms with Crippen LogP contribution in [0.2, 0.25) is 0 Å². The molecule has 0 radical (unpaired) electrons. The third-order valence-electron chi connectivity index (χ3n) is 6.91. The van der Waals surface area contributed by atoms with Gasteiger partial charge < -0.3 is 13.9 Å². The van der Waals surface area contributed by atoms with E-state index in [4.69, 9.17) is 13.9 Å². The van der Waals surface area contributed by atoms with Crippen molar-refractivity contribution in [3.8, 4) is 0 Å². The van der Waals surface area contributed by atoms with Crippen molar-refractivity contribution in [3.63, 3.8) is 0 Å². The number of rotatable bonds is 2. The number of allylic oxidation sites excluding steroid dienone is 2.